The van der Waals surface area contributed by atoms with Crippen molar-refractivity contribution in [1.29, 1.82) is 0 Å². The van der Waals surface area contributed by atoms with Crippen molar-refractivity contribution in [3.05, 3.63) is 35.7 Å². The molecule has 0 bridgehead atoms. The largest absolute Gasteiger partial charge is 0.497 e. The summed E-state index contributed by atoms with van der Waals surface area (Å²) in [6.07, 6.45) is 0. The maximum absolute atomic E-state index is 5.26. The van der Waals surface area contributed by atoms with Crippen molar-refractivity contribution in [1.82, 2.24) is 4.31 Å². The van der Waals surface area contributed by atoms with Crippen molar-refractivity contribution >= 4 is 23.7 Å². The predicted octanol–water partition coefficient (Wildman–Crippen LogP) is 3.39. The predicted molar refractivity (Wildman–Crippen MR) is 71.9 cm³/mol. The Labute approximate surface area is 105 Å². The van der Waals surface area contributed by atoms with Gasteiger partial charge in [0.15, 0.2) is 0 Å². The normalized spacial score (nSPS) is 16.3. The second-order valence-electron chi connectivity index (χ2n) is 3.46. The Balaban J connectivity index is 2.22. The SMILES string of the molecule is C=CSN1CCSc2ccc(OC)cc2C1. The molecule has 1 aliphatic rings. The summed E-state index contributed by atoms with van der Waals surface area (Å²) >= 11 is 3.60. The van der Waals surface area contributed by atoms with Gasteiger partial charge in [0.2, 0.25) is 0 Å². The average Bonchev–Trinajstić information content (AvgIpc) is 2.50. The van der Waals surface area contributed by atoms with Crippen LogP contribution in [-0.2, 0) is 6.54 Å². The van der Waals surface area contributed by atoms with Gasteiger partial charge in [0, 0.05) is 23.7 Å². The summed E-state index contributed by atoms with van der Waals surface area (Å²) in [5.41, 5.74) is 1.34. The molecule has 0 N–H and O–H groups in total. The lowest BCUT2D eigenvalue weighted by atomic mass is 10.2. The maximum Gasteiger partial charge on any atom is 0.119 e. The molecule has 1 aromatic rings. The van der Waals surface area contributed by atoms with Gasteiger partial charge in [-0.2, -0.15) is 0 Å². The molecule has 1 aliphatic heterocycles. The zero-order valence-electron chi connectivity index (χ0n) is 9.31. The van der Waals surface area contributed by atoms with Crippen LogP contribution < -0.4 is 4.74 Å². The van der Waals surface area contributed by atoms with E-state index in [1.807, 2.05) is 23.2 Å². The summed E-state index contributed by atoms with van der Waals surface area (Å²) in [4.78, 5) is 1.37. The number of rotatable bonds is 3. The van der Waals surface area contributed by atoms with Crippen LogP contribution in [0.5, 0.6) is 5.75 Å². The highest BCUT2D eigenvalue weighted by Gasteiger charge is 2.14. The standard InChI is InChI=1S/C12H15NOS2/c1-3-16-13-6-7-15-12-5-4-11(14-2)8-10(12)9-13/h3-5,8H,1,6-7,9H2,2H3. The van der Waals surface area contributed by atoms with Crippen LogP contribution in [0, 0.1) is 0 Å². The molecule has 0 spiro atoms. The highest BCUT2D eigenvalue weighted by Crippen LogP contribution is 2.32. The number of hydrogen-bond donors (Lipinski definition) is 0. The van der Waals surface area contributed by atoms with Crippen molar-refractivity contribution in [2.24, 2.45) is 0 Å². The number of thioether (sulfide) groups is 1. The van der Waals surface area contributed by atoms with Gasteiger partial charge >= 0.3 is 0 Å². The molecule has 0 aromatic heterocycles. The molecule has 0 atom stereocenters. The van der Waals surface area contributed by atoms with E-state index in [4.69, 9.17) is 4.74 Å². The van der Waals surface area contributed by atoms with Crippen molar-refractivity contribution in [2.45, 2.75) is 11.4 Å². The first-order valence-electron chi connectivity index (χ1n) is 5.16. The fourth-order valence-electron chi connectivity index (χ4n) is 1.67. The molecule has 86 valence electrons. The number of ether oxygens (including phenoxy) is 1. The highest BCUT2D eigenvalue weighted by molar-refractivity contribution is 8.00. The van der Waals surface area contributed by atoms with Crippen molar-refractivity contribution in [3.63, 3.8) is 0 Å². The number of nitrogens with zero attached hydrogens (tertiary/aromatic N) is 1. The van der Waals surface area contributed by atoms with Crippen molar-refractivity contribution in [2.75, 3.05) is 19.4 Å². The van der Waals surface area contributed by atoms with E-state index < -0.39 is 0 Å². The molecule has 0 saturated carbocycles. The van der Waals surface area contributed by atoms with Crippen LogP contribution in [0.4, 0.5) is 0 Å². The number of fused-ring (bicyclic) bond motifs is 1. The van der Waals surface area contributed by atoms with Gasteiger partial charge in [-0.05, 0) is 29.2 Å². The molecule has 2 rings (SSSR count). The minimum Gasteiger partial charge on any atom is -0.497 e. The average molecular weight is 253 g/mol. The van der Waals surface area contributed by atoms with Gasteiger partial charge in [-0.25, -0.2) is 4.31 Å². The van der Waals surface area contributed by atoms with E-state index >= 15 is 0 Å². The molecule has 4 heteroatoms. The van der Waals surface area contributed by atoms with Gasteiger partial charge in [-0.1, -0.05) is 18.5 Å². The summed E-state index contributed by atoms with van der Waals surface area (Å²) in [6, 6.07) is 6.31. The first-order chi connectivity index (χ1) is 7.83. The Kier molecular flexibility index (Phi) is 4.21. The molecule has 1 aromatic carbocycles. The Bertz CT molecular complexity index is 381. The third-order valence-electron chi connectivity index (χ3n) is 2.44. The minimum absolute atomic E-state index is 0.935. The van der Waals surface area contributed by atoms with Gasteiger partial charge in [-0.3, -0.25) is 0 Å². The topological polar surface area (TPSA) is 12.5 Å². The van der Waals surface area contributed by atoms with E-state index in [9.17, 15) is 0 Å². The van der Waals surface area contributed by atoms with Crippen LogP contribution >= 0.6 is 23.7 Å². The van der Waals surface area contributed by atoms with Crippen LogP contribution in [0.1, 0.15) is 5.56 Å². The second kappa shape index (κ2) is 5.66. The summed E-state index contributed by atoms with van der Waals surface area (Å²) in [5.74, 6) is 2.06. The van der Waals surface area contributed by atoms with Crippen LogP contribution in [0.3, 0.4) is 0 Å². The molecule has 0 saturated heterocycles. The van der Waals surface area contributed by atoms with Crippen LogP contribution in [0.25, 0.3) is 0 Å². The fraction of sp³-hybridized carbons (Fsp3) is 0.333. The molecule has 0 radical (unpaired) electrons. The summed E-state index contributed by atoms with van der Waals surface area (Å²) in [7, 11) is 1.71. The van der Waals surface area contributed by atoms with Crippen molar-refractivity contribution in [3.8, 4) is 5.75 Å². The van der Waals surface area contributed by atoms with Crippen molar-refractivity contribution < 1.29 is 4.74 Å². The summed E-state index contributed by atoms with van der Waals surface area (Å²) in [5, 5.41) is 1.88. The highest BCUT2D eigenvalue weighted by atomic mass is 32.2. The molecular weight excluding hydrogens is 238 g/mol. The molecule has 0 unspecified atom stereocenters. The maximum atomic E-state index is 5.26. The van der Waals surface area contributed by atoms with Gasteiger partial charge in [0.1, 0.15) is 5.75 Å². The third kappa shape index (κ3) is 2.75. The number of methoxy groups -OCH3 is 1. The first kappa shape index (κ1) is 11.9. The van der Waals surface area contributed by atoms with Gasteiger partial charge in [0.05, 0.1) is 7.11 Å². The first-order valence-corrected chi connectivity index (χ1v) is 6.98. The third-order valence-corrected chi connectivity index (χ3v) is 4.29. The Morgan fingerprint density at radius 2 is 2.44 bits per heavy atom. The molecule has 16 heavy (non-hydrogen) atoms. The fourth-order valence-corrected chi connectivity index (χ4v) is 3.41. The Morgan fingerprint density at radius 1 is 1.56 bits per heavy atom. The van der Waals surface area contributed by atoms with E-state index in [0.29, 0.717) is 0 Å². The van der Waals surface area contributed by atoms with Gasteiger partial charge in [0.25, 0.3) is 0 Å². The van der Waals surface area contributed by atoms with E-state index in [2.05, 4.69) is 23.0 Å². The lowest BCUT2D eigenvalue weighted by Gasteiger charge is -2.16. The zero-order chi connectivity index (χ0) is 11.4. The van der Waals surface area contributed by atoms with Crippen LogP contribution in [0.2, 0.25) is 0 Å². The minimum atomic E-state index is 0.935. The van der Waals surface area contributed by atoms with E-state index in [1.54, 1.807) is 19.1 Å². The second-order valence-corrected chi connectivity index (χ2v) is 5.66. The van der Waals surface area contributed by atoms with E-state index in [0.717, 1.165) is 24.6 Å². The van der Waals surface area contributed by atoms with Crippen LogP contribution in [0.15, 0.2) is 35.1 Å². The molecule has 0 fully saturated rings. The van der Waals surface area contributed by atoms with Gasteiger partial charge < -0.3 is 4.74 Å². The molecular formula is C12H15NOS2. The smallest absolute Gasteiger partial charge is 0.119 e. The zero-order valence-corrected chi connectivity index (χ0v) is 10.9. The summed E-state index contributed by atoms with van der Waals surface area (Å²) < 4.78 is 7.59. The molecule has 1 heterocycles. The van der Waals surface area contributed by atoms with Gasteiger partial charge in [-0.15, -0.1) is 11.8 Å². The molecule has 2 nitrogen and oxygen atoms in total. The quantitative estimate of drug-likeness (QED) is 0.765. The number of benzene rings is 1. The monoisotopic (exact) mass is 253 g/mol. The van der Waals surface area contributed by atoms with Crippen LogP contribution in [-0.4, -0.2) is 23.7 Å². The lowest BCUT2D eigenvalue weighted by Crippen LogP contribution is -2.15. The number of hydrogen-bond acceptors (Lipinski definition) is 4. The Morgan fingerprint density at radius 3 is 3.19 bits per heavy atom. The van der Waals surface area contributed by atoms with E-state index in [-0.39, 0.29) is 0 Å². The Hall–Kier alpha value is -0.580. The summed E-state index contributed by atoms with van der Waals surface area (Å²) in [6.45, 7) is 5.80. The van der Waals surface area contributed by atoms with E-state index in [1.165, 1.54) is 10.5 Å². The molecule has 0 aliphatic carbocycles. The molecule has 0 amide bonds. The lowest BCUT2D eigenvalue weighted by molar-refractivity contribution is 0.412.